The molecule has 3 heteroatoms. The molecule has 2 aliphatic rings. The largest absolute Gasteiger partial charge is 0.388 e. The van der Waals surface area contributed by atoms with Gasteiger partial charge in [0, 0.05) is 24.4 Å². The van der Waals surface area contributed by atoms with E-state index in [4.69, 9.17) is 4.74 Å². The number of aliphatic hydroxyl groups is 1. The molecule has 1 aromatic carbocycles. The first-order chi connectivity index (χ1) is 9.34. The molecule has 0 saturated carbocycles. The van der Waals surface area contributed by atoms with Gasteiger partial charge in [-0.25, -0.2) is 0 Å². The van der Waals surface area contributed by atoms with Gasteiger partial charge < -0.3 is 15.2 Å². The lowest BCUT2D eigenvalue weighted by molar-refractivity contribution is 0.0945. The SMILES string of the molecule is OC(CCCC1CCCO1)c1cccc2c1NCC2. The van der Waals surface area contributed by atoms with E-state index in [0.29, 0.717) is 6.10 Å². The van der Waals surface area contributed by atoms with E-state index in [1.165, 1.54) is 24.1 Å². The summed E-state index contributed by atoms with van der Waals surface area (Å²) >= 11 is 0. The molecule has 2 unspecified atom stereocenters. The molecule has 2 N–H and O–H groups in total. The molecule has 3 nitrogen and oxygen atoms in total. The fourth-order valence-corrected chi connectivity index (χ4v) is 3.21. The number of para-hydroxylation sites is 1. The second-order valence-electron chi connectivity index (χ2n) is 5.64. The molecule has 2 heterocycles. The Kier molecular flexibility index (Phi) is 4.04. The van der Waals surface area contributed by atoms with Crippen LogP contribution in [0.3, 0.4) is 0 Å². The van der Waals surface area contributed by atoms with Gasteiger partial charge in [-0.05, 0) is 44.1 Å². The second-order valence-corrected chi connectivity index (χ2v) is 5.64. The Balaban J connectivity index is 1.55. The molecular weight excluding hydrogens is 238 g/mol. The number of benzene rings is 1. The van der Waals surface area contributed by atoms with Gasteiger partial charge in [0.05, 0.1) is 12.2 Å². The molecule has 2 atom stereocenters. The third-order valence-corrected chi connectivity index (χ3v) is 4.27. The summed E-state index contributed by atoms with van der Waals surface area (Å²) in [6, 6.07) is 6.26. The van der Waals surface area contributed by atoms with Crippen molar-refractivity contribution in [1.82, 2.24) is 0 Å². The summed E-state index contributed by atoms with van der Waals surface area (Å²) in [4.78, 5) is 0. The van der Waals surface area contributed by atoms with Gasteiger partial charge in [-0.15, -0.1) is 0 Å². The van der Waals surface area contributed by atoms with Crippen molar-refractivity contribution in [1.29, 1.82) is 0 Å². The van der Waals surface area contributed by atoms with Gasteiger partial charge in [0.2, 0.25) is 0 Å². The fraction of sp³-hybridized carbons (Fsp3) is 0.625. The van der Waals surface area contributed by atoms with Gasteiger partial charge in [-0.2, -0.15) is 0 Å². The molecule has 0 aliphatic carbocycles. The van der Waals surface area contributed by atoms with E-state index in [2.05, 4.69) is 17.4 Å². The topological polar surface area (TPSA) is 41.5 Å². The van der Waals surface area contributed by atoms with Crippen LogP contribution < -0.4 is 5.32 Å². The van der Waals surface area contributed by atoms with Gasteiger partial charge in [0.25, 0.3) is 0 Å². The Morgan fingerprint density at radius 2 is 2.37 bits per heavy atom. The summed E-state index contributed by atoms with van der Waals surface area (Å²) in [6.07, 6.45) is 6.51. The molecule has 0 spiro atoms. The van der Waals surface area contributed by atoms with Gasteiger partial charge in [-0.1, -0.05) is 18.2 Å². The molecule has 0 aromatic heterocycles. The number of ether oxygens (including phenoxy) is 1. The Morgan fingerprint density at radius 1 is 1.42 bits per heavy atom. The van der Waals surface area contributed by atoms with Crippen molar-refractivity contribution >= 4 is 5.69 Å². The van der Waals surface area contributed by atoms with Crippen molar-refractivity contribution in [3.05, 3.63) is 29.3 Å². The summed E-state index contributed by atoms with van der Waals surface area (Å²) in [5, 5.41) is 13.8. The minimum atomic E-state index is -0.345. The van der Waals surface area contributed by atoms with Crippen LogP contribution in [-0.2, 0) is 11.2 Å². The zero-order chi connectivity index (χ0) is 13.1. The van der Waals surface area contributed by atoms with Crippen LogP contribution in [0.1, 0.15) is 49.3 Å². The summed E-state index contributed by atoms with van der Waals surface area (Å²) in [6.45, 7) is 1.91. The van der Waals surface area contributed by atoms with Crippen LogP contribution in [0, 0.1) is 0 Å². The summed E-state index contributed by atoms with van der Waals surface area (Å²) in [7, 11) is 0. The second kappa shape index (κ2) is 5.93. The highest BCUT2D eigenvalue weighted by molar-refractivity contribution is 5.61. The van der Waals surface area contributed by atoms with E-state index in [-0.39, 0.29) is 6.10 Å². The maximum absolute atomic E-state index is 10.4. The smallest absolute Gasteiger partial charge is 0.0810 e. The van der Waals surface area contributed by atoms with Crippen LogP contribution in [-0.4, -0.2) is 24.4 Å². The number of hydrogen-bond acceptors (Lipinski definition) is 3. The van der Waals surface area contributed by atoms with Crippen molar-refractivity contribution in [2.45, 2.75) is 50.7 Å². The lowest BCUT2D eigenvalue weighted by Crippen LogP contribution is -2.07. The number of anilines is 1. The number of hydrogen-bond donors (Lipinski definition) is 2. The first kappa shape index (κ1) is 12.9. The van der Waals surface area contributed by atoms with Crippen molar-refractivity contribution < 1.29 is 9.84 Å². The third kappa shape index (κ3) is 2.93. The molecule has 0 bridgehead atoms. The third-order valence-electron chi connectivity index (χ3n) is 4.27. The number of fused-ring (bicyclic) bond motifs is 1. The molecule has 1 saturated heterocycles. The van der Waals surface area contributed by atoms with Crippen LogP contribution in [0.25, 0.3) is 0 Å². The number of nitrogens with one attached hydrogen (secondary N) is 1. The summed E-state index contributed by atoms with van der Waals surface area (Å²) in [5.74, 6) is 0. The Morgan fingerprint density at radius 3 is 3.21 bits per heavy atom. The van der Waals surface area contributed by atoms with Crippen LogP contribution >= 0.6 is 0 Å². The molecule has 1 aromatic rings. The van der Waals surface area contributed by atoms with Crippen LogP contribution in [0.15, 0.2) is 18.2 Å². The quantitative estimate of drug-likeness (QED) is 0.856. The Bertz CT molecular complexity index is 427. The van der Waals surface area contributed by atoms with E-state index in [1.807, 2.05) is 6.07 Å². The molecule has 19 heavy (non-hydrogen) atoms. The van der Waals surface area contributed by atoms with Gasteiger partial charge in [0.15, 0.2) is 0 Å². The van der Waals surface area contributed by atoms with E-state index in [1.54, 1.807) is 0 Å². The van der Waals surface area contributed by atoms with Gasteiger partial charge in [-0.3, -0.25) is 0 Å². The van der Waals surface area contributed by atoms with Gasteiger partial charge >= 0.3 is 0 Å². The number of rotatable bonds is 5. The van der Waals surface area contributed by atoms with E-state index >= 15 is 0 Å². The highest BCUT2D eigenvalue weighted by Crippen LogP contribution is 2.33. The molecule has 104 valence electrons. The Labute approximate surface area is 115 Å². The maximum atomic E-state index is 10.4. The monoisotopic (exact) mass is 261 g/mol. The average Bonchev–Trinajstić information content (AvgIpc) is 3.08. The van der Waals surface area contributed by atoms with Crippen LogP contribution in [0.5, 0.6) is 0 Å². The molecule has 3 rings (SSSR count). The van der Waals surface area contributed by atoms with Crippen LogP contribution in [0.2, 0.25) is 0 Å². The van der Waals surface area contributed by atoms with Crippen molar-refractivity contribution in [3.63, 3.8) is 0 Å². The highest BCUT2D eigenvalue weighted by Gasteiger charge is 2.20. The highest BCUT2D eigenvalue weighted by atomic mass is 16.5. The predicted molar refractivity (Wildman–Crippen MR) is 76.4 cm³/mol. The number of aliphatic hydroxyl groups excluding tert-OH is 1. The zero-order valence-electron chi connectivity index (χ0n) is 11.4. The molecular formula is C16H23NO2. The van der Waals surface area contributed by atoms with E-state index < -0.39 is 0 Å². The van der Waals surface area contributed by atoms with Crippen LogP contribution in [0.4, 0.5) is 5.69 Å². The molecule has 0 radical (unpaired) electrons. The molecule has 1 fully saturated rings. The zero-order valence-corrected chi connectivity index (χ0v) is 11.4. The normalized spacial score (nSPS) is 23.1. The molecule has 2 aliphatic heterocycles. The van der Waals surface area contributed by atoms with E-state index in [9.17, 15) is 5.11 Å². The Hall–Kier alpha value is -1.06. The lowest BCUT2D eigenvalue weighted by Gasteiger charge is -2.16. The first-order valence-electron chi connectivity index (χ1n) is 7.50. The first-order valence-corrected chi connectivity index (χ1v) is 7.50. The summed E-state index contributed by atoms with van der Waals surface area (Å²) in [5.41, 5.74) is 3.59. The standard InChI is InChI=1S/C16H23NO2/c18-15(8-2-5-13-6-3-11-19-13)14-7-1-4-12-9-10-17-16(12)14/h1,4,7,13,15,17-18H,2-3,5-6,8-11H2. The minimum absolute atomic E-state index is 0.345. The lowest BCUT2D eigenvalue weighted by atomic mass is 9.98. The van der Waals surface area contributed by atoms with Crippen molar-refractivity contribution in [2.75, 3.05) is 18.5 Å². The fourth-order valence-electron chi connectivity index (χ4n) is 3.21. The predicted octanol–water partition coefficient (Wildman–Crippen LogP) is 3.04. The minimum Gasteiger partial charge on any atom is -0.388 e. The molecule has 0 amide bonds. The van der Waals surface area contributed by atoms with Crippen molar-refractivity contribution in [3.8, 4) is 0 Å². The van der Waals surface area contributed by atoms with Crippen molar-refractivity contribution in [2.24, 2.45) is 0 Å². The van der Waals surface area contributed by atoms with Gasteiger partial charge in [0.1, 0.15) is 0 Å². The maximum Gasteiger partial charge on any atom is 0.0810 e. The summed E-state index contributed by atoms with van der Waals surface area (Å²) < 4.78 is 5.62. The average molecular weight is 261 g/mol. The van der Waals surface area contributed by atoms with E-state index in [0.717, 1.165) is 44.4 Å².